The van der Waals surface area contributed by atoms with Gasteiger partial charge < -0.3 is 10.5 Å². The predicted octanol–water partition coefficient (Wildman–Crippen LogP) is 2.32. The van der Waals surface area contributed by atoms with Crippen LogP contribution in [0.4, 0.5) is 4.39 Å². The van der Waals surface area contributed by atoms with Gasteiger partial charge >= 0.3 is 0 Å². The number of nitrogens with two attached hydrogens (primary N) is 1. The van der Waals surface area contributed by atoms with Crippen LogP contribution in [0.15, 0.2) is 18.2 Å². The Morgan fingerprint density at radius 2 is 2.31 bits per heavy atom. The monoisotopic (exact) mass is 203 g/mol. The molecule has 0 saturated carbocycles. The van der Waals surface area contributed by atoms with Gasteiger partial charge in [0.2, 0.25) is 0 Å². The van der Waals surface area contributed by atoms with Gasteiger partial charge in [0.15, 0.2) is 0 Å². The molecule has 0 aliphatic carbocycles. The topological polar surface area (TPSA) is 35.2 Å². The summed E-state index contributed by atoms with van der Waals surface area (Å²) in [5, 5.41) is 0.528. The standard InChI is InChI=1S/C9H11ClFNO/c1-13-9-3-2-6(10)4-7(9)8(12)5-11/h2-4,8H,5,12H2,1H3/t8-/m1/s1. The van der Waals surface area contributed by atoms with Crippen LogP contribution in [0.25, 0.3) is 0 Å². The third-order valence-electron chi connectivity index (χ3n) is 1.76. The molecule has 0 unspecified atom stereocenters. The Bertz CT molecular complexity index is 293. The van der Waals surface area contributed by atoms with E-state index in [0.29, 0.717) is 16.3 Å². The molecule has 0 amide bonds. The van der Waals surface area contributed by atoms with Crippen molar-refractivity contribution >= 4 is 11.6 Å². The Morgan fingerprint density at radius 1 is 1.62 bits per heavy atom. The molecule has 0 bridgehead atoms. The smallest absolute Gasteiger partial charge is 0.123 e. The van der Waals surface area contributed by atoms with Crippen molar-refractivity contribution in [2.75, 3.05) is 13.8 Å². The summed E-state index contributed by atoms with van der Waals surface area (Å²) in [4.78, 5) is 0. The van der Waals surface area contributed by atoms with Crippen molar-refractivity contribution < 1.29 is 9.13 Å². The van der Waals surface area contributed by atoms with Gasteiger partial charge in [-0.2, -0.15) is 0 Å². The van der Waals surface area contributed by atoms with Crippen molar-refractivity contribution in [3.05, 3.63) is 28.8 Å². The Balaban J connectivity index is 3.07. The maximum Gasteiger partial charge on any atom is 0.123 e. The summed E-state index contributed by atoms with van der Waals surface area (Å²) in [5.74, 6) is 0.564. The van der Waals surface area contributed by atoms with Crippen LogP contribution in [0.5, 0.6) is 5.75 Å². The number of benzene rings is 1. The lowest BCUT2D eigenvalue weighted by molar-refractivity contribution is 0.389. The lowest BCUT2D eigenvalue weighted by Gasteiger charge is -2.12. The summed E-state index contributed by atoms with van der Waals surface area (Å²) in [6.45, 7) is -0.628. The summed E-state index contributed by atoms with van der Waals surface area (Å²) in [6, 6.07) is 4.29. The van der Waals surface area contributed by atoms with Gasteiger partial charge in [0, 0.05) is 10.6 Å². The first-order valence-corrected chi connectivity index (χ1v) is 4.21. The molecule has 1 aromatic carbocycles. The van der Waals surface area contributed by atoms with Gasteiger partial charge in [0.1, 0.15) is 12.4 Å². The highest BCUT2D eigenvalue weighted by Gasteiger charge is 2.11. The first kappa shape index (κ1) is 10.3. The molecule has 1 atom stereocenters. The van der Waals surface area contributed by atoms with Crippen LogP contribution >= 0.6 is 11.6 Å². The third kappa shape index (κ3) is 2.32. The third-order valence-corrected chi connectivity index (χ3v) is 1.99. The fourth-order valence-corrected chi connectivity index (χ4v) is 1.26. The van der Waals surface area contributed by atoms with Crippen LogP contribution in [-0.4, -0.2) is 13.8 Å². The number of halogens is 2. The van der Waals surface area contributed by atoms with Crippen LogP contribution in [0.1, 0.15) is 11.6 Å². The van der Waals surface area contributed by atoms with Gasteiger partial charge in [-0.25, -0.2) is 4.39 Å². The average molecular weight is 204 g/mol. The molecule has 4 heteroatoms. The second-order valence-corrected chi connectivity index (χ2v) is 3.08. The fourth-order valence-electron chi connectivity index (χ4n) is 1.08. The maximum absolute atomic E-state index is 12.3. The highest BCUT2D eigenvalue weighted by atomic mass is 35.5. The Morgan fingerprint density at radius 3 is 2.85 bits per heavy atom. The minimum Gasteiger partial charge on any atom is -0.496 e. The van der Waals surface area contributed by atoms with Gasteiger partial charge in [-0.3, -0.25) is 0 Å². The Kier molecular flexibility index (Phi) is 3.51. The van der Waals surface area contributed by atoms with Gasteiger partial charge in [0.05, 0.1) is 13.2 Å². The van der Waals surface area contributed by atoms with Gasteiger partial charge in [0.25, 0.3) is 0 Å². The number of ether oxygens (including phenoxy) is 1. The molecule has 0 spiro atoms. The quantitative estimate of drug-likeness (QED) is 0.819. The average Bonchev–Trinajstić information content (AvgIpc) is 2.16. The number of hydrogen-bond donors (Lipinski definition) is 1. The summed E-state index contributed by atoms with van der Waals surface area (Å²) in [7, 11) is 1.51. The molecule has 0 heterocycles. The van der Waals surface area contributed by atoms with E-state index in [9.17, 15) is 4.39 Å². The van der Waals surface area contributed by atoms with Crippen molar-refractivity contribution in [2.24, 2.45) is 5.73 Å². The van der Waals surface area contributed by atoms with Crippen molar-refractivity contribution in [1.29, 1.82) is 0 Å². The van der Waals surface area contributed by atoms with Crippen LogP contribution in [0.2, 0.25) is 5.02 Å². The van der Waals surface area contributed by atoms with E-state index in [1.165, 1.54) is 7.11 Å². The Labute approximate surface area is 81.4 Å². The second-order valence-electron chi connectivity index (χ2n) is 2.65. The van der Waals surface area contributed by atoms with E-state index in [0.717, 1.165) is 0 Å². The molecule has 2 nitrogen and oxygen atoms in total. The highest BCUT2D eigenvalue weighted by Crippen LogP contribution is 2.27. The largest absolute Gasteiger partial charge is 0.496 e. The van der Waals surface area contributed by atoms with E-state index in [-0.39, 0.29) is 0 Å². The van der Waals surface area contributed by atoms with Crippen LogP contribution in [-0.2, 0) is 0 Å². The number of rotatable bonds is 3. The zero-order valence-electron chi connectivity index (χ0n) is 7.26. The van der Waals surface area contributed by atoms with Crippen molar-refractivity contribution in [3.8, 4) is 5.75 Å². The highest BCUT2D eigenvalue weighted by molar-refractivity contribution is 6.30. The number of methoxy groups -OCH3 is 1. The van der Waals surface area contributed by atoms with E-state index >= 15 is 0 Å². The normalized spacial score (nSPS) is 12.6. The summed E-state index contributed by atoms with van der Waals surface area (Å²) in [5.41, 5.74) is 6.12. The molecule has 0 fully saturated rings. The molecule has 1 rings (SSSR count). The van der Waals surface area contributed by atoms with E-state index in [1.54, 1.807) is 18.2 Å². The van der Waals surface area contributed by atoms with Gasteiger partial charge in [-0.05, 0) is 18.2 Å². The van der Waals surface area contributed by atoms with Crippen LogP contribution in [0.3, 0.4) is 0 Å². The number of alkyl halides is 1. The molecule has 72 valence electrons. The zero-order chi connectivity index (χ0) is 9.84. The lowest BCUT2D eigenvalue weighted by atomic mass is 10.1. The molecule has 1 aromatic rings. The van der Waals surface area contributed by atoms with Crippen LogP contribution in [0, 0.1) is 0 Å². The molecule has 0 radical (unpaired) electrons. The van der Waals surface area contributed by atoms with E-state index in [1.807, 2.05) is 0 Å². The van der Waals surface area contributed by atoms with E-state index in [4.69, 9.17) is 22.1 Å². The second kappa shape index (κ2) is 4.44. The summed E-state index contributed by atoms with van der Waals surface area (Å²) >= 11 is 5.74. The van der Waals surface area contributed by atoms with Crippen molar-refractivity contribution in [1.82, 2.24) is 0 Å². The number of hydrogen-bond acceptors (Lipinski definition) is 2. The fraction of sp³-hybridized carbons (Fsp3) is 0.333. The maximum atomic E-state index is 12.3. The van der Waals surface area contributed by atoms with Crippen molar-refractivity contribution in [2.45, 2.75) is 6.04 Å². The van der Waals surface area contributed by atoms with Crippen molar-refractivity contribution in [3.63, 3.8) is 0 Å². The van der Waals surface area contributed by atoms with Gasteiger partial charge in [-0.1, -0.05) is 11.6 Å². The Hall–Kier alpha value is -0.800. The van der Waals surface area contributed by atoms with E-state index < -0.39 is 12.7 Å². The molecule has 0 aliphatic heterocycles. The molecule has 0 saturated heterocycles. The predicted molar refractivity (Wildman–Crippen MR) is 50.9 cm³/mol. The molecule has 13 heavy (non-hydrogen) atoms. The molecular weight excluding hydrogens is 193 g/mol. The first-order valence-electron chi connectivity index (χ1n) is 3.84. The van der Waals surface area contributed by atoms with E-state index in [2.05, 4.69) is 0 Å². The first-order chi connectivity index (χ1) is 6.19. The molecular formula is C9H11ClFNO. The van der Waals surface area contributed by atoms with Gasteiger partial charge in [-0.15, -0.1) is 0 Å². The minimum absolute atomic E-state index is 0.528. The summed E-state index contributed by atoms with van der Waals surface area (Å²) < 4.78 is 17.3. The lowest BCUT2D eigenvalue weighted by Crippen LogP contribution is -2.13. The zero-order valence-corrected chi connectivity index (χ0v) is 8.01. The SMILES string of the molecule is COc1ccc(Cl)cc1[C@H](N)CF. The van der Waals surface area contributed by atoms with Crippen LogP contribution < -0.4 is 10.5 Å². The molecule has 0 aromatic heterocycles. The molecule has 2 N–H and O–H groups in total. The minimum atomic E-state index is -0.673. The molecule has 0 aliphatic rings. The summed E-state index contributed by atoms with van der Waals surface area (Å²) in [6.07, 6.45) is 0.